The van der Waals surface area contributed by atoms with Gasteiger partial charge >= 0.3 is 0 Å². The molecule has 246 valence electrons. The number of aryl methyl sites for hydroxylation is 1. The Labute approximate surface area is 305 Å². The van der Waals surface area contributed by atoms with E-state index in [9.17, 15) is 0 Å². The predicted molar refractivity (Wildman–Crippen MR) is 217 cm³/mol. The van der Waals surface area contributed by atoms with E-state index < -0.39 is 5.41 Å². The molecule has 1 heteroatoms. The van der Waals surface area contributed by atoms with Crippen LogP contribution in [0.4, 0.5) is 17.1 Å². The van der Waals surface area contributed by atoms with Crippen LogP contribution in [0.2, 0.25) is 0 Å². The maximum Gasteiger partial charge on any atom is 0.0726 e. The lowest BCUT2D eigenvalue weighted by Gasteiger charge is -2.34. The van der Waals surface area contributed by atoms with E-state index >= 15 is 0 Å². The molecular weight excluding hydrogens is 627 g/mol. The normalized spacial score (nSPS) is 14.4. The number of benzene rings is 8. The molecule has 3 aliphatic rings. The SMILES string of the molecule is c1ccc(N(c2ccc3ccccc3c2)c2cc3c(cc2-c2cccc4c2CCCC4)-c2ccccc2C32c3ccccc3-c3ccccc32)cc1. The summed E-state index contributed by atoms with van der Waals surface area (Å²) in [5.74, 6) is 0. The number of nitrogens with zero attached hydrogens (tertiary/aromatic N) is 1. The van der Waals surface area contributed by atoms with Crippen LogP contribution in [0.15, 0.2) is 176 Å². The first-order chi connectivity index (χ1) is 25.8. The van der Waals surface area contributed by atoms with E-state index in [-0.39, 0.29) is 0 Å². The van der Waals surface area contributed by atoms with E-state index in [0.717, 1.165) is 24.2 Å². The molecule has 1 nitrogen and oxygen atoms in total. The number of fused-ring (bicyclic) bond motifs is 12. The first-order valence-electron chi connectivity index (χ1n) is 18.7. The van der Waals surface area contributed by atoms with Crippen molar-refractivity contribution in [3.05, 3.63) is 209 Å². The Bertz CT molecular complexity index is 2660. The van der Waals surface area contributed by atoms with Crippen LogP contribution in [-0.4, -0.2) is 0 Å². The number of hydrogen-bond acceptors (Lipinski definition) is 1. The summed E-state index contributed by atoms with van der Waals surface area (Å²) in [6.45, 7) is 0. The summed E-state index contributed by atoms with van der Waals surface area (Å²) < 4.78 is 0. The minimum Gasteiger partial charge on any atom is -0.310 e. The third kappa shape index (κ3) is 4.11. The van der Waals surface area contributed by atoms with Crippen molar-refractivity contribution in [3.8, 4) is 33.4 Å². The van der Waals surface area contributed by atoms with Crippen LogP contribution in [0.5, 0.6) is 0 Å². The van der Waals surface area contributed by atoms with Gasteiger partial charge in [-0.1, -0.05) is 140 Å². The Kier molecular flexibility index (Phi) is 6.49. The molecule has 0 bridgehead atoms. The van der Waals surface area contributed by atoms with Gasteiger partial charge in [-0.25, -0.2) is 0 Å². The van der Waals surface area contributed by atoms with Gasteiger partial charge in [0.05, 0.1) is 11.1 Å². The van der Waals surface area contributed by atoms with Crippen LogP contribution in [0.25, 0.3) is 44.2 Å². The van der Waals surface area contributed by atoms with Crippen LogP contribution in [0, 0.1) is 0 Å². The summed E-state index contributed by atoms with van der Waals surface area (Å²) in [7, 11) is 0. The number of anilines is 3. The highest BCUT2D eigenvalue weighted by Crippen LogP contribution is 2.64. The predicted octanol–water partition coefficient (Wildman–Crippen LogP) is 13.2. The zero-order valence-corrected chi connectivity index (χ0v) is 29.0. The van der Waals surface area contributed by atoms with E-state index in [1.165, 1.54) is 96.1 Å². The molecule has 8 aromatic carbocycles. The molecule has 0 saturated heterocycles. The minimum atomic E-state index is -0.422. The highest BCUT2D eigenvalue weighted by molar-refractivity contribution is 6.01. The van der Waals surface area contributed by atoms with Crippen molar-refractivity contribution in [2.45, 2.75) is 31.1 Å². The maximum absolute atomic E-state index is 2.58. The summed E-state index contributed by atoms with van der Waals surface area (Å²) in [6, 6.07) is 66.2. The van der Waals surface area contributed by atoms with Gasteiger partial charge in [-0.15, -0.1) is 0 Å². The molecule has 52 heavy (non-hydrogen) atoms. The molecule has 0 heterocycles. The molecule has 0 aromatic heterocycles. The summed E-state index contributed by atoms with van der Waals surface area (Å²) in [4.78, 5) is 2.52. The molecule has 0 aliphatic heterocycles. The standard InChI is InChI=1S/C51H37N/c1-2-19-37(20-3-1)52(38-30-29-34-15-4-5-17-36(34)31-38)50-33-49-44(32-45(50)40-25-14-18-35-16-6-7-21-39(35)40)43-24-10-13-28-48(43)51(49)46-26-11-8-22-41(46)42-23-9-12-27-47(42)51/h1-5,8-15,17-20,22-33H,6-7,16,21H2. The van der Waals surface area contributed by atoms with Crippen LogP contribution >= 0.6 is 0 Å². The summed E-state index contributed by atoms with van der Waals surface area (Å²) in [5, 5.41) is 2.49. The topological polar surface area (TPSA) is 3.24 Å². The first kappa shape index (κ1) is 29.5. The van der Waals surface area contributed by atoms with Gasteiger partial charge in [-0.3, -0.25) is 0 Å². The Morgan fingerprint density at radius 2 is 0.962 bits per heavy atom. The van der Waals surface area contributed by atoms with E-state index in [4.69, 9.17) is 0 Å². The van der Waals surface area contributed by atoms with Crippen molar-refractivity contribution in [1.29, 1.82) is 0 Å². The molecule has 0 N–H and O–H groups in total. The molecule has 0 unspecified atom stereocenters. The van der Waals surface area contributed by atoms with Crippen molar-refractivity contribution in [1.82, 2.24) is 0 Å². The number of hydrogen-bond donors (Lipinski definition) is 0. The summed E-state index contributed by atoms with van der Waals surface area (Å²) >= 11 is 0. The lowest BCUT2D eigenvalue weighted by atomic mass is 9.70. The van der Waals surface area contributed by atoms with Crippen molar-refractivity contribution < 1.29 is 0 Å². The molecule has 0 atom stereocenters. The quantitative estimate of drug-likeness (QED) is 0.181. The highest BCUT2D eigenvalue weighted by Gasteiger charge is 2.52. The van der Waals surface area contributed by atoms with E-state index in [2.05, 4.69) is 181 Å². The Morgan fingerprint density at radius 3 is 1.69 bits per heavy atom. The Hall–Kier alpha value is -6.18. The van der Waals surface area contributed by atoms with Crippen LogP contribution in [0.1, 0.15) is 46.2 Å². The lowest BCUT2D eigenvalue weighted by molar-refractivity contribution is 0.687. The zero-order valence-electron chi connectivity index (χ0n) is 29.0. The third-order valence-electron chi connectivity index (χ3n) is 12.0. The molecule has 0 fully saturated rings. The second-order valence-corrected chi connectivity index (χ2v) is 14.7. The van der Waals surface area contributed by atoms with Crippen molar-refractivity contribution in [2.24, 2.45) is 0 Å². The van der Waals surface area contributed by atoms with Crippen LogP contribution < -0.4 is 4.90 Å². The molecule has 11 rings (SSSR count). The molecule has 0 saturated carbocycles. The monoisotopic (exact) mass is 663 g/mol. The van der Waals surface area contributed by atoms with Crippen LogP contribution in [-0.2, 0) is 18.3 Å². The minimum absolute atomic E-state index is 0.422. The Morgan fingerprint density at radius 1 is 0.365 bits per heavy atom. The largest absolute Gasteiger partial charge is 0.310 e. The van der Waals surface area contributed by atoms with Crippen LogP contribution in [0.3, 0.4) is 0 Å². The van der Waals surface area contributed by atoms with Gasteiger partial charge in [0, 0.05) is 16.9 Å². The second kappa shape index (κ2) is 11.4. The smallest absolute Gasteiger partial charge is 0.0726 e. The summed E-state index contributed by atoms with van der Waals surface area (Å²) in [5.41, 5.74) is 19.6. The highest BCUT2D eigenvalue weighted by atomic mass is 15.1. The molecule has 3 aliphatic carbocycles. The van der Waals surface area contributed by atoms with E-state index in [1.54, 1.807) is 0 Å². The van der Waals surface area contributed by atoms with E-state index in [0.29, 0.717) is 0 Å². The number of para-hydroxylation sites is 1. The fourth-order valence-corrected chi connectivity index (χ4v) is 9.88. The fraction of sp³-hybridized carbons (Fsp3) is 0.0980. The zero-order chi connectivity index (χ0) is 34.2. The van der Waals surface area contributed by atoms with Gasteiger partial charge in [0.25, 0.3) is 0 Å². The van der Waals surface area contributed by atoms with Gasteiger partial charge in [0.1, 0.15) is 0 Å². The molecular formula is C51H37N. The van der Waals surface area contributed by atoms with Crippen molar-refractivity contribution in [3.63, 3.8) is 0 Å². The average Bonchev–Trinajstić information content (AvgIpc) is 3.68. The van der Waals surface area contributed by atoms with Gasteiger partial charge in [0.15, 0.2) is 0 Å². The van der Waals surface area contributed by atoms with Gasteiger partial charge < -0.3 is 4.90 Å². The molecule has 1 spiro atoms. The second-order valence-electron chi connectivity index (χ2n) is 14.7. The molecule has 8 aromatic rings. The van der Waals surface area contributed by atoms with Gasteiger partial charge in [0.2, 0.25) is 0 Å². The lowest BCUT2D eigenvalue weighted by Crippen LogP contribution is -2.26. The molecule has 0 radical (unpaired) electrons. The van der Waals surface area contributed by atoms with Gasteiger partial charge in [-0.2, -0.15) is 0 Å². The third-order valence-corrected chi connectivity index (χ3v) is 12.0. The van der Waals surface area contributed by atoms with E-state index in [1.807, 2.05) is 0 Å². The average molecular weight is 664 g/mol. The first-order valence-corrected chi connectivity index (χ1v) is 18.7. The Balaban J connectivity index is 1.29. The van der Waals surface area contributed by atoms with Crippen molar-refractivity contribution in [2.75, 3.05) is 4.90 Å². The summed E-state index contributed by atoms with van der Waals surface area (Å²) in [6.07, 6.45) is 4.76. The van der Waals surface area contributed by atoms with Crippen molar-refractivity contribution >= 4 is 27.8 Å². The maximum atomic E-state index is 2.58. The fourth-order valence-electron chi connectivity index (χ4n) is 9.88. The molecule has 0 amide bonds. The van der Waals surface area contributed by atoms with Gasteiger partial charge in [-0.05, 0) is 134 Å². The number of rotatable bonds is 4.